The molecule has 31 heavy (non-hydrogen) atoms. The average molecular weight is 418 g/mol. The van der Waals surface area contributed by atoms with Crippen molar-refractivity contribution in [1.29, 1.82) is 0 Å². The number of amides is 1. The Morgan fingerprint density at radius 2 is 1.81 bits per heavy atom. The van der Waals surface area contributed by atoms with E-state index in [1.165, 1.54) is 0 Å². The van der Waals surface area contributed by atoms with Crippen LogP contribution in [0.1, 0.15) is 37.6 Å². The minimum atomic E-state index is -0.505. The number of aromatic nitrogens is 2. The van der Waals surface area contributed by atoms with E-state index in [4.69, 9.17) is 14.5 Å². The molecular formula is C25H27N3O3. The molecule has 1 aromatic heterocycles. The Morgan fingerprint density at radius 3 is 2.52 bits per heavy atom. The Bertz CT molecular complexity index is 1040. The van der Waals surface area contributed by atoms with E-state index < -0.39 is 5.60 Å². The highest BCUT2D eigenvalue weighted by atomic mass is 16.6. The third kappa shape index (κ3) is 5.40. The molecule has 0 bridgehead atoms. The third-order valence-electron chi connectivity index (χ3n) is 4.95. The molecule has 0 N–H and O–H groups in total. The molecule has 0 unspecified atom stereocenters. The smallest absolute Gasteiger partial charge is 0.410 e. The molecule has 160 valence electrons. The van der Waals surface area contributed by atoms with E-state index in [0.29, 0.717) is 31.9 Å². The molecule has 1 aliphatic heterocycles. The summed E-state index contributed by atoms with van der Waals surface area (Å²) in [5, 5.41) is 0. The van der Waals surface area contributed by atoms with Crippen molar-refractivity contribution in [1.82, 2.24) is 14.9 Å². The number of hydrogen-bond donors (Lipinski definition) is 0. The Kier molecular flexibility index (Phi) is 5.89. The van der Waals surface area contributed by atoms with Crippen LogP contribution in [0.5, 0.6) is 5.75 Å². The van der Waals surface area contributed by atoms with Crippen LogP contribution in [-0.4, -0.2) is 33.1 Å². The highest BCUT2D eigenvalue weighted by Gasteiger charge is 2.26. The Labute approximate surface area is 182 Å². The molecule has 0 saturated heterocycles. The summed E-state index contributed by atoms with van der Waals surface area (Å²) < 4.78 is 11.3. The first kappa shape index (κ1) is 20.8. The van der Waals surface area contributed by atoms with Crippen molar-refractivity contribution in [3.63, 3.8) is 0 Å². The highest BCUT2D eigenvalue weighted by molar-refractivity contribution is 5.68. The topological polar surface area (TPSA) is 64.5 Å². The van der Waals surface area contributed by atoms with Gasteiger partial charge in [-0.3, -0.25) is 0 Å². The minimum absolute atomic E-state index is 0.298. The van der Waals surface area contributed by atoms with Crippen molar-refractivity contribution in [2.45, 2.75) is 45.9 Å². The molecule has 0 radical (unpaired) electrons. The molecule has 0 spiro atoms. The second-order valence-corrected chi connectivity index (χ2v) is 8.62. The van der Waals surface area contributed by atoms with E-state index in [9.17, 15) is 4.79 Å². The fourth-order valence-electron chi connectivity index (χ4n) is 3.38. The molecule has 2 aromatic carbocycles. The number of carbonyl (C=O) groups excluding carboxylic acids is 1. The van der Waals surface area contributed by atoms with Crippen molar-refractivity contribution in [3.8, 4) is 17.1 Å². The van der Waals surface area contributed by atoms with Gasteiger partial charge in [0.15, 0.2) is 5.82 Å². The van der Waals surface area contributed by atoms with Crippen LogP contribution in [0, 0.1) is 0 Å². The Balaban J connectivity index is 1.41. The van der Waals surface area contributed by atoms with Gasteiger partial charge in [-0.15, -0.1) is 0 Å². The van der Waals surface area contributed by atoms with Crippen molar-refractivity contribution in [3.05, 3.63) is 77.6 Å². The lowest BCUT2D eigenvalue weighted by Crippen LogP contribution is -2.40. The number of benzene rings is 2. The lowest BCUT2D eigenvalue weighted by molar-refractivity contribution is 0.0222. The molecule has 0 aliphatic carbocycles. The van der Waals surface area contributed by atoms with Gasteiger partial charge in [-0.2, -0.15) is 0 Å². The molecule has 6 nitrogen and oxygen atoms in total. The van der Waals surface area contributed by atoms with Crippen LogP contribution in [0.15, 0.2) is 60.8 Å². The van der Waals surface area contributed by atoms with E-state index in [0.717, 1.165) is 28.1 Å². The summed E-state index contributed by atoms with van der Waals surface area (Å²) in [6.07, 6.45) is 2.20. The summed E-state index contributed by atoms with van der Waals surface area (Å²) in [6, 6.07) is 17.9. The molecule has 0 atom stereocenters. The number of nitrogens with zero attached hydrogens (tertiary/aromatic N) is 3. The molecule has 1 amide bonds. The summed E-state index contributed by atoms with van der Waals surface area (Å²) in [6.45, 7) is 7.20. The summed E-state index contributed by atoms with van der Waals surface area (Å²) in [4.78, 5) is 23.3. The Morgan fingerprint density at radius 1 is 1.06 bits per heavy atom. The van der Waals surface area contributed by atoms with Gasteiger partial charge in [0.25, 0.3) is 0 Å². The zero-order valence-electron chi connectivity index (χ0n) is 18.2. The number of carbonyl (C=O) groups is 1. The van der Waals surface area contributed by atoms with Gasteiger partial charge in [0.05, 0.1) is 12.2 Å². The van der Waals surface area contributed by atoms with Crippen LogP contribution in [0.3, 0.4) is 0 Å². The molecular weight excluding hydrogens is 390 g/mol. The lowest BCUT2D eigenvalue weighted by Gasteiger charge is -2.30. The molecule has 3 aromatic rings. The third-order valence-corrected chi connectivity index (χ3v) is 4.95. The van der Waals surface area contributed by atoms with E-state index in [1.54, 1.807) is 4.90 Å². The van der Waals surface area contributed by atoms with E-state index in [-0.39, 0.29) is 6.09 Å². The van der Waals surface area contributed by atoms with Crippen LogP contribution >= 0.6 is 0 Å². The zero-order chi connectivity index (χ0) is 21.8. The van der Waals surface area contributed by atoms with Crippen molar-refractivity contribution in [2.75, 3.05) is 6.54 Å². The standard InChI is InChI=1S/C25H27N3O3/c1-25(2,3)31-24(29)28-14-13-22-20(16-28)15-26-23(27-22)19-9-11-21(12-10-19)30-17-18-7-5-4-6-8-18/h4-12,15H,13-14,16-17H2,1-3H3. The molecule has 1 aliphatic rings. The lowest BCUT2D eigenvalue weighted by atomic mass is 10.1. The minimum Gasteiger partial charge on any atom is -0.489 e. The second-order valence-electron chi connectivity index (χ2n) is 8.62. The second kappa shape index (κ2) is 8.76. The van der Waals surface area contributed by atoms with Gasteiger partial charge in [0, 0.05) is 30.3 Å². The van der Waals surface area contributed by atoms with Gasteiger partial charge in [0.2, 0.25) is 0 Å². The zero-order valence-corrected chi connectivity index (χ0v) is 18.2. The monoisotopic (exact) mass is 417 g/mol. The summed E-state index contributed by atoms with van der Waals surface area (Å²) in [5.74, 6) is 1.48. The van der Waals surface area contributed by atoms with Crippen LogP contribution in [0.2, 0.25) is 0 Å². The first-order valence-corrected chi connectivity index (χ1v) is 10.5. The SMILES string of the molecule is CC(C)(C)OC(=O)N1CCc2nc(-c3ccc(OCc4ccccc4)cc3)ncc2C1. The van der Waals surface area contributed by atoms with Crippen LogP contribution in [-0.2, 0) is 24.3 Å². The maximum absolute atomic E-state index is 12.3. The molecule has 4 rings (SSSR count). The van der Waals surface area contributed by atoms with E-state index >= 15 is 0 Å². The quantitative estimate of drug-likeness (QED) is 0.597. The van der Waals surface area contributed by atoms with Crippen molar-refractivity contribution in [2.24, 2.45) is 0 Å². The summed E-state index contributed by atoms with van der Waals surface area (Å²) in [5.41, 5.74) is 3.50. The fraction of sp³-hybridized carbons (Fsp3) is 0.320. The van der Waals surface area contributed by atoms with Gasteiger partial charge < -0.3 is 14.4 Å². The predicted molar refractivity (Wildman–Crippen MR) is 119 cm³/mol. The highest BCUT2D eigenvalue weighted by Crippen LogP contribution is 2.24. The first-order valence-electron chi connectivity index (χ1n) is 10.5. The van der Waals surface area contributed by atoms with Gasteiger partial charge in [-0.1, -0.05) is 30.3 Å². The summed E-state index contributed by atoms with van der Waals surface area (Å²) >= 11 is 0. The average Bonchev–Trinajstić information content (AvgIpc) is 2.77. The fourth-order valence-corrected chi connectivity index (χ4v) is 3.38. The number of ether oxygens (including phenoxy) is 2. The van der Waals surface area contributed by atoms with Crippen molar-refractivity contribution >= 4 is 6.09 Å². The number of rotatable bonds is 4. The molecule has 0 fully saturated rings. The number of fused-ring (bicyclic) bond motifs is 1. The molecule has 6 heteroatoms. The summed E-state index contributed by atoms with van der Waals surface area (Å²) in [7, 11) is 0. The molecule has 2 heterocycles. The van der Waals surface area contributed by atoms with Crippen LogP contribution < -0.4 is 4.74 Å². The maximum atomic E-state index is 12.3. The Hall–Kier alpha value is -3.41. The van der Waals surface area contributed by atoms with E-state index in [2.05, 4.69) is 4.98 Å². The van der Waals surface area contributed by atoms with Crippen LogP contribution in [0.4, 0.5) is 4.79 Å². The van der Waals surface area contributed by atoms with Gasteiger partial charge in [0.1, 0.15) is 18.0 Å². The predicted octanol–water partition coefficient (Wildman–Crippen LogP) is 5.02. The van der Waals surface area contributed by atoms with Gasteiger partial charge >= 0.3 is 6.09 Å². The molecule has 0 saturated carbocycles. The normalized spacial score (nSPS) is 13.5. The van der Waals surface area contributed by atoms with Crippen LogP contribution in [0.25, 0.3) is 11.4 Å². The first-order chi connectivity index (χ1) is 14.9. The maximum Gasteiger partial charge on any atom is 0.410 e. The number of hydrogen-bond acceptors (Lipinski definition) is 5. The largest absolute Gasteiger partial charge is 0.489 e. The van der Waals surface area contributed by atoms with Crippen molar-refractivity contribution < 1.29 is 14.3 Å². The van der Waals surface area contributed by atoms with E-state index in [1.807, 2.05) is 81.6 Å². The van der Waals surface area contributed by atoms with Gasteiger partial charge in [-0.05, 0) is 50.6 Å². The van der Waals surface area contributed by atoms with Gasteiger partial charge in [-0.25, -0.2) is 14.8 Å².